The topological polar surface area (TPSA) is 97.9 Å². The van der Waals surface area contributed by atoms with Crippen LogP contribution >= 0.6 is 28.1 Å². The van der Waals surface area contributed by atoms with Gasteiger partial charge in [0.15, 0.2) is 23.2 Å². The largest absolute Gasteiger partial charge is 0.493 e. The minimum Gasteiger partial charge on any atom is -0.493 e. The number of thiocarbonyl (C=S) groups is 1. The SMILES string of the molecule is COC(=O)COc1c(Br)cc(C2NC(=S)NC(C)=C2C(=O)Nc2cccc(C(F)(F)F)c2)cc1OC. The number of methoxy groups -OCH3 is 2. The van der Waals surface area contributed by atoms with Gasteiger partial charge >= 0.3 is 12.1 Å². The Morgan fingerprint density at radius 1 is 1.19 bits per heavy atom. The molecule has 13 heteroatoms. The summed E-state index contributed by atoms with van der Waals surface area (Å²) in [5.41, 5.74) is 0.223. The van der Waals surface area contributed by atoms with Crippen LogP contribution in [0.15, 0.2) is 52.1 Å². The van der Waals surface area contributed by atoms with E-state index < -0.39 is 29.7 Å². The quantitative estimate of drug-likeness (QED) is 0.323. The molecule has 8 nitrogen and oxygen atoms in total. The number of rotatable bonds is 7. The number of benzene rings is 2. The zero-order valence-corrected chi connectivity index (χ0v) is 21.6. The van der Waals surface area contributed by atoms with Gasteiger partial charge in [-0.2, -0.15) is 13.2 Å². The van der Waals surface area contributed by atoms with E-state index in [2.05, 4.69) is 36.6 Å². The van der Waals surface area contributed by atoms with Gasteiger partial charge in [0.25, 0.3) is 5.91 Å². The Labute approximate surface area is 218 Å². The first-order chi connectivity index (χ1) is 16.9. The first-order valence-corrected chi connectivity index (χ1v) is 11.5. The normalized spacial score (nSPS) is 15.5. The van der Waals surface area contributed by atoms with Crippen LogP contribution in [0.3, 0.4) is 0 Å². The van der Waals surface area contributed by atoms with Crippen LogP contribution in [-0.2, 0) is 20.5 Å². The fraction of sp³-hybridized carbons (Fsp3) is 0.261. The number of hydrogen-bond acceptors (Lipinski definition) is 6. The molecule has 0 radical (unpaired) electrons. The summed E-state index contributed by atoms with van der Waals surface area (Å²) in [7, 11) is 2.63. The molecule has 0 bridgehead atoms. The van der Waals surface area contributed by atoms with E-state index in [-0.39, 0.29) is 34.5 Å². The first kappa shape index (κ1) is 27.3. The Hall–Kier alpha value is -3.32. The van der Waals surface area contributed by atoms with Gasteiger partial charge in [0.2, 0.25) is 0 Å². The molecule has 1 atom stereocenters. The summed E-state index contributed by atoms with van der Waals surface area (Å²) in [6, 6.07) is 6.78. The number of allylic oxidation sites excluding steroid dienone is 1. The number of ether oxygens (including phenoxy) is 3. The molecule has 0 saturated carbocycles. The zero-order chi connectivity index (χ0) is 26.6. The third-order valence-corrected chi connectivity index (χ3v) is 5.92. The van der Waals surface area contributed by atoms with Crippen molar-refractivity contribution in [2.75, 3.05) is 26.1 Å². The highest BCUT2D eigenvalue weighted by Gasteiger charge is 2.33. The number of amides is 1. The highest BCUT2D eigenvalue weighted by atomic mass is 79.9. The van der Waals surface area contributed by atoms with Crippen LogP contribution < -0.4 is 25.4 Å². The molecule has 36 heavy (non-hydrogen) atoms. The van der Waals surface area contributed by atoms with Crippen molar-refractivity contribution in [1.82, 2.24) is 10.6 Å². The lowest BCUT2D eigenvalue weighted by molar-refractivity contribution is -0.143. The number of halogens is 4. The number of alkyl halides is 3. The number of nitrogens with one attached hydrogen (secondary N) is 3. The summed E-state index contributed by atoms with van der Waals surface area (Å²) in [5.74, 6) is -0.741. The number of carbonyl (C=O) groups is 2. The molecule has 2 aromatic carbocycles. The van der Waals surface area contributed by atoms with Gasteiger partial charge < -0.3 is 30.2 Å². The number of esters is 1. The maximum Gasteiger partial charge on any atom is 0.416 e. The molecule has 0 spiro atoms. The summed E-state index contributed by atoms with van der Waals surface area (Å²) in [6.07, 6.45) is -4.56. The van der Waals surface area contributed by atoms with Crippen LogP contribution in [0.25, 0.3) is 0 Å². The Bertz CT molecular complexity index is 1240. The maximum absolute atomic E-state index is 13.3. The standard InChI is InChI=1S/C23H21BrF3N3O5S/c1-11-18(21(32)29-14-6-4-5-13(9-14)23(25,26)27)19(30-22(36)28-11)12-7-15(24)20(16(8-12)33-2)35-10-17(31)34-3/h4-9,19H,10H2,1-3H3,(H,29,32)(H2,28,30,36). The number of anilines is 1. The van der Waals surface area contributed by atoms with Crippen LogP contribution in [0.4, 0.5) is 18.9 Å². The number of hydrogen-bond donors (Lipinski definition) is 3. The lowest BCUT2D eigenvalue weighted by Gasteiger charge is -2.31. The number of carbonyl (C=O) groups excluding carboxylic acids is 2. The van der Waals surface area contributed by atoms with Gasteiger partial charge in [0.05, 0.1) is 35.9 Å². The summed E-state index contributed by atoms with van der Waals surface area (Å²) in [4.78, 5) is 24.7. The Morgan fingerprint density at radius 2 is 1.92 bits per heavy atom. The summed E-state index contributed by atoms with van der Waals surface area (Å²) >= 11 is 8.65. The zero-order valence-electron chi connectivity index (χ0n) is 19.2. The Balaban J connectivity index is 1.96. The van der Waals surface area contributed by atoms with Gasteiger partial charge in [0.1, 0.15) is 0 Å². The van der Waals surface area contributed by atoms with Crippen molar-refractivity contribution in [3.63, 3.8) is 0 Å². The van der Waals surface area contributed by atoms with Crippen LogP contribution in [0, 0.1) is 0 Å². The van der Waals surface area contributed by atoms with Gasteiger partial charge in [0, 0.05) is 11.4 Å². The van der Waals surface area contributed by atoms with E-state index in [0.717, 1.165) is 12.1 Å². The predicted octanol–water partition coefficient (Wildman–Crippen LogP) is 4.46. The van der Waals surface area contributed by atoms with E-state index in [1.165, 1.54) is 26.4 Å². The highest BCUT2D eigenvalue weighted by Crippen LogP contribution is 2.40. The minimum absolute atomic E-state index is 0.0210. The molecule has 3 rings (SSSR count). The van der Waals surface area contributed by atoms with Crippen LogP contribution in [0.5, 0.6) is 11.5 Å². The fourth-order valence-corrected chi connectivity index (χ4v) is 4.30. The second-order valence-electron chi connectivity index (χ2n) is 7.50. The minimum atomic E-state index is -4.56. The van der Waals surface area contributed by atoms with Gasteiger partial charge in [-0.1, -0.05) is 6.07 Å². The van der Waals surface area contributed by atoms with Crippen LogP contribution in [0.2, 0.25) is 0 Å². The predicted molar refractivity (Wildman–Crippen MR) is 133 cm³/mol. The van der Waals surface area contributed by atoms with Crippen molar-refractivity contribution in [3.8, 4) is 11.5 Å². The van der Waals surface area contributed by atoms with Crippen molar-refractivity contribution in [2.24, 2.45) is 0 Å². The third-order valence-electron chi connectivity index (χ3n) is 5.11. The van der Waals surface area contributed by atoms with Crippen molar-refractivity contribution in [1.29, 1.82) is 0 Å². The molecule has 3 N–H and O–H groups in total. The Kier molecular flexibility index (Phi) is 8.46. The molecule has 0 saturated heterocycles. The fourth-order valence-electron chi connectivity index (χ4n) is 3.45. The van der Waals surface area contributed by atoms with E-state index in [1.54, 1.807) is 19.1 Å². The second-order valence-corrected chi connectivity index (χ2v) is 8.76. The molecule has 1 heterocycles. The highest BCUT2D eigenvalue weighted by molar-refractivity contribution is 9.10. The molecule has 0 fully saturated rings. The van der Waals surface area contributed by atoms with E-state index in [1.807, 2.05) is 0 Å². The smallest absolute Gasteiger partial charge is 0.416 e. The van der Waals surface area contributed by atoms with E-state index in [9.17, 15) is 22.8 Å². The lowest BCUT2D eigenvalue weighted by atomic mass is 9.94. The third kappa shape index (κ3) is 6.26. The lowest BCUT2D eigenvalue weighted by Crippen LogP contribution is -2.45. The van der Waals surface area contributed by atoms with Crippen LogP contribution in [-0.4, -0.2) is 37.8 Å². The molecule has 1 unspecified atom stereocenters. The molecule has 192 valence electrons. The average Bonchev–Trinajstić information content (AvgIpc) is 2.81. The summed E-state index contributed by atoms with van der Waals surface area (Å²) in [5, 5.41) is 8.64. The van der Waals surface area contributed by atoms with Crippen molar-refractivity contribution >= 4 is 50.8 Å². The molecular weight excluding hydrogens is 567 g/mol. The average molecular weight is 588 g/mol. The van der Waals surface area contributed by atoms with Gasteiger partial charge in [-0.25, -0.2) is 4.79 Å². The van der Waals surface area contributed by atoms with E-state index in [4.69, 9.17) is 21.7 Å². The molecular formula is C23H21BrF3N3O5S. The van der Waals surface area contributed by atoms with Gasteiger partial charge in [-0.3, -0.25) is 4.79 Å². The van der Waals surface area contributed by atoms with Crippen LogP contribution in [0.1, 0.15) is 24.1 Å². The van der Waals surface area contributed by atoms with E-state index in [0.29, 0.717) is 15.7 Å². The Morgan fingerprint density at radius 3 is 2.56 bits per heavy atom. The van der Waals surface area contributed by atoms with Crippen molar-refractivity contribution < 1.29 is 37.0 Å². The second kappa shape index (κ2) is 11.2. The molecule has 0 aromatic heterocycles. The first-order valence-electron chi connectivity index (χ1n) is 10.3. The summed E-state index contributed by atoms with van der Waals surface area (Å²) < 4.78 is 55.2. The molecule has 1 aliphatic heterocycles. The molecule has 2 aromatic rings. The molecule has 0 aliphatic carbocycles. The summed E-state index contributed by atoms with van der Waals surface area (Å²) in [6.45, 7) is 1.27. The van der Waals surface area contributed by atoms with Crippen molar-refractivity contribution in [3.05, 3.63) is 63.3 Å². The monoisotopic (exact) mass is 587 g/mol. The van der Waals surface area contributed by atoms with Gasteiger partial charge in [-0.05, 0) is 71.0 Å². The van der Waals surface area contributed by atoms with Crippen molar-refractivity contribution in [2.45, 2.75) is 19.1 Å². The maximum atomic E-state index is 13.3. The molecule has 1 aliphatic rings. The van der Waals surface area contributed by atoms with Gasteiger partial charge in [-0.15, -0.1) is 0 Å². The van der Waals surface area contributed by atoms with E-state index >= 15 is 0 Å². The molecule has 1 amide bonds.